The Labute approximate surface area is 174 Å². The Morgan fingerprint density at radius 1 is 1.10 bits per heavy atom. The lowest BCUT2D eigenvalue weighted by Gasteiger charge is -2.15. The van der Waals surface area contributed by atoms with Crippen LogP contribution >= 0.6 is 0 Å². The molecule has 1 aliphatic carbocycles. The molecule has 0 aliphatic heterocycles. The number of esters is 1. The van der Waals surface area contributed by atoms with Crippen LogP contribution in [0.4, 0.5) is 5.69 Å². The van der Waals surface area contributed by atoms with Gasteiger partial charge in [-0.2, -0.15) is 5.10 Å². The first kappa shape index (κ1) is 19.7. The molecule has 2 aromatic carbocycles. The summed E-state index contributed by atoms with van der Waals surface area (Å²) in [5.74, 6) is -0.129. The van der Waals surface area contributed by atoms with Crippen molar-refractivity contribution in [1.29, 1.82) is 0 Å². The number of ether oxygens (including phenoxy) is 2. The van der Waals surface area contributed by atoms with Crippen LogP contribution in [0.3, 0.4) is 0 Å². The number of amides is 1. The van der Waals surface area contributed by atoms with Crippen molar-refractivity contribution in [3.63, 3.8) is 0 Å². The van der Waals surface area contributed by atoms with E-state index < -0.39 is 18.0 Å². The number of hydrogen-bond donors (Lipinski definition) is 1. The lowest BCUT2D eigenvalue weighted by Crippen LogP contribution is -2.30. The molecule has 0 spiro atoms. The number of para-hydroxylation sites is 3. The van der Waals surface area contributed by atoms with Gasteiger partial charge in [0, 0.05) is 5.92 Å². The Hall–Kier alpha value is -3.61. The second kappa shape index (κ2) is 8.41. The van der Waals surface area contributed by atoms with Crippen molar-refractivity contribution in [2.24, 2.45) is 0 Å². The van der Waals surface area contributed by atoms with E-state index in [0.717, 1.165) is 24.2 Å². The smallest absolute Gasteiger partial charge is 0.357 e. The first-order chi connectivity index (χ1) is 14.6. The fraction of sp³-hybridized carbons (Fsp3) is 0.261. The molecule has 1 amide bonds. The van der Waals surface area contributed by atoms with Crippen molar-refractivity contribution in [3.8, 4) is 11.4 Å². The van der Waals surface area contributed by atoms with Crippen molar-refractivity contribution in [3.05, 3.63) is 72.1 Å². The predicted molar refractivity (Wildman–Crippen MR) is 112 cm³/mol. The van der Waals surface area contributed by atoms with Gasteiger partial charge in [-0.05, 0) is 50.1 Å². The molecule has 4 rings (SSSR count). The van der Waals surface area contributed by atoms with E-state index in [1.54, 1.807) is 35.0 Å². The molecule has 1 atom stereocenters. The maximum absolute atomic E-state index is 12.9. The molecular weight excluding hydrogens is 382 g/mol. The Bertz CT molecular complexity index is 1060. The second-order valence-electron chi connectivity index (χ2n) is 7.21. The molecule has 3 aromatic rings. The molecule has 154 valence electrons. The van der Waals surface area contributed by atoms with Crippen LogP contribution in [0.15, 0.2) is 60.7 Å². The SMILES string of the molecule is COc1ccccc1NC(=O)[C@@H](C)OC(=O)c1cc(C2CC2)nn1-c1ccccc1. The molecule has 1 aliphatic rings. The van der Waals surface area contributed by atoms with Gasteiger partial charge in [0.05, 0.1) is 24.2 Å². The molecule has 0 saturated heterocycles. The number of methoxy groups -OCH3 is 1. The van der Waals surface area contributed by atoms with Gasteiger partial charge in [-0.1, -0.05) is 30.3 Å². The number of nitrogens with one attached hydrogen (secondary N) is 1. The topological polar surface area (TPSA) is 82.4 Å². The zero-order valence-corrected chi connectivity index (χ0v) is 16.9. The molecule has 1 aromatic heterocycles. The van der Waals surface area contributed by atoms with Crippen LogP contribution in [0.1, 0.15) is 41.9 Å². The van der Waals surface area contributed by atoms with Crippen LogP contribution < -0.4 is 10.1 Å². The third-order valence-electron chi connectivity index (χ3n) is 4.95. The lowest BCUT2D eigenvalue weighted by molar-refractivity contribution is -0.123. The zero-order valence-electron chi connectivity index (χ0n) is 16.9. The van der Waals surface area contributed by atoms with Gasteiger partial charge in [0.1, 0.15) is 5.75 Å². The standard InChI is InChI=1S/C23H23N3O4/c1-15(22(27)24-18-10-6-7-11-21(18)29-2)30-23(28)20-14-19(16-12-13-16)25-26(20)17-8-4-3-5-9-17/h3-11,14-16H,12-13H2,1-2H3,(H,24,27)/t15-/m1/s1. The van der Waals surface area contributed by atoms with Gasteiger partial charge in [0.2, 0.25) is 0 Å². The van der Waals surface area contributed by atoms with Crippen molar-refractivity contribution in [2.45, 2.75) is 31.8 Å². The monoisotopic (exact) mass is 405 g/mol. The minimum atomic E-state index is -0.995. The summed E-state index contributed by atoms with van der Waals surface area (Å²) >= 11 is 0. The van der Waals surface area contributed by atoms with Crippen LogP contribution in [0.5, 0.6) is 5.75 Å². The maximum atomic E-state index is 12.9. The molecule has 0 unspecified atom stereocenters. The van der Waals surface area contributed by atoms with Crippen LogP contribution in [0, 0.1) is 0 Å². The zero-order chi connectivity index (χ0) is 21.1. The summed E-state index contributed by atoms with van der Waals surface area (Å²) in [7, 11) is 1.52. The van der Waals surface area contributed by atoms with E-state index in [1.807, 2.05) is 30.3 Å². The van der Waals surface area contributed by atoms with Crippen molar-refractivity contribution in [1.82, 2.24) is 9.78 Å². The maximum Gasteiger partial charge on any atom is 0.357 e. The van der Waals surface area contributed by atoms with Gasteiger partial charge in [0.25, 0.3) is 5.91 Å². The highest BCUT2D eigenvalue weighted by Gasteiger charge is 2.30. The highest BCUT2D eigenvalue weighted by atomic mass is 16.5. The minimum absolute atomic E-state index is 0.306. The van der Waals surface area contributed by atoms with Gasteiger partial charge in [-0.25, -0.2) is 9.48 Å². The molecule has 0 bridgehead atoms. The van der Waals surface area contributed by atoms with Crippen LogP contribution in [-0.4, -0.2) is 34.9 Å². The molecule has 1 fully saturated rings. The van der Waals surface area contributed by atoms with Gasteiger partial charge in [0.15, 0.2) is 11.8 Å². The number of aromatic nitrogens is 2. The van der Waals surface area contributed by atoms with E-state index >= 15 is 0 Å². The van der Waals surface area contributed by atoms with E-state index in [9.17, 15) is 9.59 Å². The summed E-state index contributed by atoms with van der Waals surface area (Å²) in [6, 6.07) is 18.2. The van der Waals surface area contributed by atoms with E-state index in [1.165, 1.54) is 14.0 Å². The number of nitrogens with zero attached hydrogens (tertiary/aromatic N) is 2. The molecule has 7 nitrogen and oxygen atoms in total. The Morgan fingerprint density at radius 2 is 1.80 bits per heavy atom. The molecule has 1 N–H and O–H groups in total. The number of carbonyl (C=O) groups is 2. The third-order valence-corrected chi connectivity index (χ3v) is 4.95. The number of rotatable bonds is 7. The van der Waals surface area contributed by atoms with Gasteiger partial charge >= 0.3 is 5.97 Å². The van der Waals surface area contributed by atoms with Crippen LogP contribution in [0.2, 0.25) is 0 Å². The third kappa shape index (κ3) is 4.20. The van der Waals surface area contributed by atoms with E-state index in [0.29, 0.717) is 23.0 Å². The fourth-order valence-electron chi connectivity index (χ4n) is 3.15. The summed E-state index contributed by atoms with van der Waals surface area (Å²) in [6.45, 7) is 1.54. The molecular formula is C23H23N3O4. The van der Waals surface area contributed by atoms with Crippen molar-refractivity contribution < 1.29 is 19.1 Å². The largest absolute Gasteiger partial charge is 0.495 e. The Kier molecular flexibility index (Phi) is 5.52. The quantitative estimate of drug-likeness (QED) is 0.602. The molecule has 0 radical (unpaired) electrons. The summed E-state index contributed by atoms with van der Waals surface area (Å²) in [6.07, 6.45) is 1.14. The predicted octanol–water partition coefficient (Wildman–Crippen LogP) is 3.94. The van der Waals surface area contributed by atoms with Crippen molar-refractivity contribution >= 4 is 17.6 Å². The van der Waals surface area contributed by atoms with Crippen molar-refractivity contribution in [2.75, 3.05) is 12.4 Å². The summed E-state index contributed by atoms with van der Waals surface area (Å²) < 4.78 is 12.3. The molecule has 1 heterocycles. The summed E-state index contributed by atoms with van der Waals surface area (Å²) in [5.41, 5.74) is 2.46. The van der Waals surface area contributed by atoms with Gasteiger partial charge in [-0.15, -0.1) is 0 Å². The van der Waals surface area contributed by atoms with E-state index in [-0.39, 0.29) is 0 Å². The van der Waals surface area contributed by atoms with Gasteiger partial charge < -0.3 is 14.8 Å². The number of carbonyl (C=O) groups excluding carboxylic acids is 2. The normalized spacial score (nSPS) is 14.1. The van der Waals surface area contributed by atoms with Gasteiger partial charge in [-0.3, -0.25) is 4.79 Å². The lowest BCUT2D eigenvalue weighted by atomic mass is 10.2. The first-order valence-electron chi connectivity index (χ1n) is 9.87. The average molecular weight is 405 g/mol. The number of anilines is 1. The average Bonchev–Trinajstić information content (AvgIpc) is 3.52. The highest BCUT2D eigenvalue weighted by molar-refractivity contribution is 5.98. The molecule has 30 heavy (non-hydrogen) atoms. The Morgan fingerprint density at radius 3 is 2.50 bits per heavy atom. The van der Waals surface area contributed by atoms with E-state index in [2.05, 4.69) is 10.4 Å². The molecule has 1 saturated carbocycles. The minimum Gasteiger partial charge on any atom is -0.495 e. The Balaban J connectivity index is 1.51. The highest BCUT2D eigenvalue weighted by Crippen LogP contribution is 2.39. The van der Waals surface area contributed by atoms with E-state index in [4.69, 9.17) is 9.47 Å². The fourth-order valence-corrected chi connectivity index (χ4v) is 3.15. The first-order valence-corrected chi connectivity index (χ1v) is 9.87. The number of hydrogen-bond acceptors (Lipinski definition) is 5. The summed E-state index contributed by atoms with van der Waals surface area (Å²) in [4.78, 5) is 25.5. The number of benzene rings is 2. The second-order valence-corrected chi connectivity index (χ2v) is 7.21. The van der Waals surface area contributed by atoms with Crippen LogP contribution in [0.25, 0.3) is 5.69 Å². The van der Waals surface area contributed by atoms with Crippen LogP contribution in [-0.2, 0) is 9.53 Å². The molecule has 7 heteroatoms. The summed E-state index contributed by atoms with van der Waals surface area (Å²) in [5, 5.41) is 7.34.